The van der Waals surface area contributed by atoms with Crippen molar-refractivity contribution in [1.29, 1.82) is 0 Å². The van der Waals surface area contributed by atoms with Crippen molar-refractivity contribution in [1.82, 2.24) is 9.21 Å². The first kappa shape index (κ1) is 12.4. The lowest BCUT2D eigenvalue weighted by Gasteiger charge is -2.69. The van der Waals surface area contributed by atoms with Crippen LogP contribution in [0.5, 0.6) is 0 Å². The maximum Gasteiger partial charge on any atom is 0.311 e. The molecule has 3 saturated carbocycles. The smallest absolute Gasteiger partial charge is 0.311 e. The molecule has 4 aliphatic rings. The van der Waals surface area contributed by atoms with E-state index in [4.69, 9.17) is 0 Å². The first-order chi connectivity index (χ1) is 8.34. The van der Waals surface area contributed by atoms with Crippen LogP contribution in [0.25, 0.3) is 0 Å². The molecule has 0 aromatic heterocycles. The lowest BCUT2D eigenvalue weighted by atomic mass is 9.40. The summed E-state index contributed by atoms with van der Waals surface area (Å²) in [5, 5.41) is 9.28. The zero-order valence-electron chi connectivity index (χ0n) is 10.4. The Morgan fingerprint density at radius 1 is 1.22 bits per heavy atom. The summed E-state index contributed by atoms with van der Waals surface area (Å²) in [6, 6.07) is 0.150. The molecular formula is C11H18N2O4S. The van der Waals surface area contributed by atoms with Crippen LogP contribution in [0.15, 0.2) is 0 Å². The fraction of sp³-hybridized carbons (Fsp3) is 0.909. The van der Waals surface area contributed by atoms with E-state index in [2.05, 4.69) is 4.90 Å². The highest BCUT2D eigenvalue weighted by Crippen LogP contribution is 2.66. The first-order valence-electron chi connectivity index (χ1n) is 6.27. The fourth-order valence-corrected chi connectivity index (χ4v) is 4.56. The number of carboxylic acids is 1. The number of carboxylic acid groups (broad SMARTS) is 1. The average Bonchev–Trinajstić information content (AvgIpc) is 2.12. The van der Waals surface area contributed by atoms with Crippen molar-refractivity contribution in [2.45, 2.75) is 18.9 Å². The number of hydrogen-bond acceptors (Lipinski definition) is 4. The Morgan fingerprint density at radius 3 is 2.11 bits per heavy atom. The standard InChI is InChI=1S/C11H18N2O4S/c1-18(16,17)13-4-2-12(3-5-13)9-8-6-11(9,7-8)10(14)15/h8-9H,2-7H2,1H3,(H,14,15). The van der Waals surface area contributed by atoms with E-state index in [0.717, 1.165) is 12.8 Å². The van der Waals surface area contributed by atoms with E-state index in [1.165, 1.54) is 10.6 Å². The van der Waals surface area contributed by atoms with E-state index in [-0.39, 0.29) is 6.04 Å². The molecule has 1 unspecified atom stereocenters. The summed E-state index contributed by atoms with van der Waals surface area (Å²) in [5.41, 5.74) is -0.516. The van der Waals surface area contributed by atoms with Gasteiger partial charge in [-0.25, -0.2) is 8.42 Å². The van der Waals surface area contributed by atoms with Gasteiger partial charge in [-0.15, -0.1) is 0 Å². The maximum absolute atomic E-state index is 11.4. The number of nitrogens with zero attached hydrogens (tertiary/aromatic N) is 2. The monoisotopic (exact) mass is 274 g/mol. The SMILES string of the molecule is CS(=O)(=O)N1CCN(C2C3CC2(C(=O)O)C3)CC1. The summed E-state index contributed by atoms with van der Waals surface area (Å²) in [5.74, 6) is -0.161. The third kappa shape index (κ3) is 1.53. The van der Waals surface area contributed by atoms with Gasteiger partial charge in [-0.2, -0.15) is 4.31 Å². The lowest BCUT2D eigenvalue weighted by molar-refractivity contribution is -0.225. The Balaban J connectivity index is 1.64. The van der Waals surface area contributed by atoms with Gasteiger partial charge in [0, 0.05) is 32.2 Å². The van der Waals surface area contributed by atoms with Crippen LogP contribution in [-0.4, -0.2) is 67.2 Å². The Morgan fingerprint density at radius 2 is 1.78 bits per heavy atom. The Kier molecular flexibility index (Phi) is 2.53. The molecule has 2 bridgehead atoms. The molecule has 0 spiro atoms. The molecule has 18 heavy (non-hydrogen) atoms. The van der Waals surface area contributed by atoms with Crippen LogP contribution in [0.4, 0.5) is 0 Å². The van der Waals surface area contributed by atoms with E-state index < -0.39 is 21.4 Å². The molecule has 4 rings (SSSR count). The molecule has 7 heteroatoms. The van der Waals surface area contributed by atoms with E-state index >= 15 is 0 Å². The van der Waals surface area contributed by atoms with Crippen LogP contribution in [0.3, 0.4) is 0 Å². The van der Waals surface area contributed by atoms with Gasteiger partial charge < -0.3 is 5.11 Å². The Hall–Kier alpha value is -0.660. The molecular weight excluding hydrogens is 256 g/mol. The highest BCUT2D eigenvalue weighted by molar-refractivity contribution is 7.88. The normalized spacial score (nSPS) is 40.9. The molecule has 0 amide bonds. The molecule has 1 N–H and O–H groups in total. The van der Waals surface area contributed by atoms with Gasteiger partial charge in [-0.3, -0.25) is 9.69 Å². The predicted octanol–water partition coefficient (Wildman–Crippen LogP) is -0.573. The van der Waals surface area contributed by atoms with Crippen molar-refractivity contribution in [2.24, 2.45) is 11.3 Å². The molecule has 4 fully saturated rings. The third-order valence-electron chi connectivity index (χ3n) is 4.83. The second-order valence-electron chi connectivity index (χ2n) is 5.77. The molecule has 0 radical (unpaired) electrons. The number of sulfonamides is 1. The summed E-state index contributed by atoms with van der Waals surface area (Å²) < 4.78 is 24.3. The van der Waals surface area contributed by atoms with Crippen molar-refractivity contribution in [2.75, 3.05) is 32.4 Å². The first-order valence-corrected chi connectivity index (χ1v) is 8.12. The van der Waals surface area contributed by atoms with Crippen molar-refractivity contribution < 1.29 is 18.3 Å². The quantitative estimate of drug-likeness (QED) is 0.745. The summed E-state index contributed by atoms with van der Waals surface area (Å²) in [4.78, 5) is 13.5. The van der Waals surface area contributed by atoms with Crippen LogP contribution < -0.4 is 0 Å². The van der Waals surface area contributed by atoms with Gasteiger partial charge in [0.25, 0.3) is 0 Å². The molecule has 3 aliphatic carbocycles. The zero-order chi connectivity index (χ0) is 13.1. The minimum absolute atomic E-state index is 0.150. The molecule has 0 aromatic rings. The van der Waals surface area contributed by atoms with E-state index in [0.29, 0.717) is 32.1 Å². The van der Waals surface area contributed by atoms with Crippen LogP contribution in [0, 0.1) is 11.3 Å². The number of rotatable bonds is 3. The number of aliphatic carboxylic acids is 1. The van der Waals surface area contributed by atoms with Gasteiger partial charge in [-0.05, 0) is 18.8 Å². The number of piperazine rings is 1. The summed E-state index contributed by atoms with van der Waals surface area (Å²) in [6.07, 6.45) is 2.83. The summed E-state index contributed by atoms with van der Waals surface area (Å²) >= 11 is 0. The Bertz CT molecular complexity index is 475. The average molecular weight is 274 g/mol. The van der Waals surface area contributed by atoms with Crippen molar-refractivity contribution in [3.8, 4) is 0 Å². The molecule has 102 valence electrons. The van der Waals surface area contributed by atoms with Gasteiger partial charge in [0.05, 0.1) is 11.7 Å². The second kappa shape index (κ2) is 3.68. The van der Waals surface area contributed by atoms with Gasteiger partial charge in [0.2, 0.25) is 10.0 Å². The van der Waals surface area contributed by atoms with Crippen molar-refractivity contribution >= 4 is 16.0 Å². The number of hydrogen-bond donors (Lipinski definition) is 1. The van der Waals surface area contributed by atoms with Crippen LogP contribution in [0.2, 0.25) is 0 Å². The van der Waals surface area contributed by atoms with Crippen molar-refractivity contribution in [3.63, 3.8) is 0 Å². The molecule has 6 nitrogen and oxygen atoms in total. The maximum atomic E-state index is 11.4. The highest BCUT2D eigenvalue weighted by Gasteiger charge is 2.71. The van der Waals surface area contributed by atoms with Gasteiger partial charge in [0.1, 0.15) is 0 Å². The minimum Gasteiger partial charge on any atom is -0.481 e. The van der Waals surface area contributed by atoms with E-state index in [1.807, 2.05) is 0 Å². The lowest BCUT2D eigenvalue weighted by Crippen LogP contribution is -2.76. The summed E-state index contributed by atoms with van der Waals surface area (Å²) in [7, 11) is -3.11. The van der Waals surface area contributed by atoms with E-state index in [9.17, 15) is 18.3 Å². The van der Waals surface area contributed by atoms with Crippen LogP contribution in [-0.2, 0) is 14.8 Å². The third-order valence-corrected chi connectivity index (χ3v) is 6.13. The molecule has 1 aliphatic heterocycles. The zero-order valence-corrected chi connectivity index (χ0v) is 11.2. The van der Waals surface area contributed by atoms with Crippen LogP contribution >= 0.6 is 0 Å². The van der Waals surface area contributed by atoms with Crippen LogP contribution in [0.1, 0.15) is 12.8 Å². The van der Waals surface area contributed by atoms with Gasteiger partial charge >= 0.3 is 5.97 Å². The number of carbonyl (C=O) groups is 1. The Labute approximate surface area is 107 Å². The second-order valence-corrected chi connectivity index (χ2v) is 7.75. The molecule has 0 aromatic carbocycles. The summed E-state index contributed by atoms with van der Waals surface area (Å²) in [6.45, 7) is 2.28. The molecule has 1 saturated heterocycles. The topological polar surface area (TPSA) is 77.9 Å². The molecule has 1 atom stereocenters. The fourth-order valence-electron chi connectivity index (χ4n) is 3.73. The van der Waals surface area contributed by atoms with Gasteiger partial charge in [-0.1, -0.05) is 0 Å². The largest absolute Gasteiger partial charge is 0.481 e. The van der Waals surface area contributed by atoms with E-state index in [1.54, 1.807) is 0 Å². The van der Waals surface area contributed by atoms with Crippen molar-refractivity contribution in [3.05, 3.63) is 0 Å². The van der Waals surface area contributed by atoms with Gasteiger partial charge in [0.15, 0.2) is 0 Å². The highest BCUT2D eigenvalue weighted by atomic mass is 32.2. The predicted molar refractivity (Wildman–Crippen MR) is 64.6 cm³/mol. The minimum atomic E-state index is -3.11. The molecule has 1 heterocycles.